The third-order valence-electron chi connectivity index (χ3n) is 3.70. The molecular weight excluding hydrogens is 288 g/mol. The highest BCUT2D eigenvalue weighted by atomic mass is 16.5. The quantitative estimate of drug-likeness (QED) is 0.609. The molecule has 1 aromatic rings. The van der Waals surface area contributed by atoms with Crippen LogP contribution in [0.5, 0.6) is 0 Å². The number of rotatable bonds is 11. The van der Waals surface area contributed by atoms with E-state index < -0.39 is 12.2 Å². The van der Waals surface area contributed by atoms with Gasteiger partial charge < -0.3 is 14.9 Å². The summed E-state index contributed by atoms with van der Waals surface area (Å²) in [6.07, 6.45) is 9.23. The summed E-state index contributed by atoms with van der Waals surface area (Å²) >= 11 is 0. The predicted molar refractivity (Wildman–Crippen MR) is 95.1 cm³/mol. The van der Waals surface area contributed by atoms with Gasteiger partial charge >= 0.3 is 0 Å². The number of hydrogen-bond acceptors (Lipinski definition) is 3. The molecule has 0 aliphatic rings. The van der Waals surface area contributed by atoms with E-state index in [1.165, 1.54) is 0 Å². The van der Waals surface area contributed by atoms with Crippen LogP contribution in [-0.4, -0.2) is 29.0 Å². The Balaban J connectivity index is 2.42. The molecule has 3 atom stereocenters. The average Bonchev–Trinajstić information content (AvgIpc) is 2.58. The van der Waals surface area contributed by atoms with Crippen molar-refractivity contribution in [2.75, 3.05) is 6.61 Å². The maximum absolute atomic E-state index is 10.3. The fraction of sp³-hybridized carbons (Fsp3) is 0.500. The molecule has 0 fully saturated rings. The van der Waals surface area contributed by atoms with Crippen LogP contribution in [0, 0.1) is 5.92 Å². The standard InChI is InChI=1S/C20H30O3/c1-3-5-6-10-14-18(11-4-2)20(22)19(21)16-23-15-17-12-8-7-9-13-17/h4,6-13,18-22H,3,5,14-16H2,1-2H3/b10-6-,11-4+/t18-,19-,20-/m0/s1. The lowest BCUT2D eigenvalue weighted by molar-refractivity contribution is -0.0565. The van der Waals surface area contributed by atoms with Gasteiger partial charge in [-0.15, -0.1) is 0 Å². The highest BCUT2D eigenvalue weighted by Crippen LogP contribution is 2.16. The Kier molecular flexibility index (Phi) is 10.3. The van der Waals surface area contributed by atoms with Crippen LogP contribution >= 0.6 is 0 Å². The molecule has 0 unspecified atom stereocenters. The fourth-order valence-electron chi connectivity index (χ4n) is 2.37. The molecule has 0 radical (unpaired) electrons. The van der Waals surface area contributed by atoms with Crippen LogP contribution in [0.4, 0.5) is 0 Å². The maximum atomic E-state index is 10.3. The van der Waals surface area contributed by atoms with E-state index in [0.717, 1.165) is 24.8 Å². The smallest absolute Gasteiger partial charge is 0.104 e. The molecule has 2 N–H and O–H groups in total. The minimum Gasteiger partial charge on any atom is -0.390 e. The second-order valence-corrected chi connectivity index (χ2v) is 5.74. The van der Waals surface area contributed by atoms with E-state index in [0.29, 0.717) is 6.61 Å². The number of hydrogen-bond donors (Lipinski definition) is 2. The zero-order valence-electron chi connectivity index (χ0n) is 14.3. The molecule has 0 aromatic heterocycles. The largest absolute Gasteiger partial charge is 0.390 e. The second kappa shape index (κ2) is 12.1. The highest BCUT2D eigenvalue weighted by Gasteiger charge is 2.23. The van der Waals surface area contributed by atoms with Crippen molar-refractivity contribution in [2.45, 2.75) is 51.9 Å². The van der Waals surface area contributed by atoms with Crippen molar-refractivity contribution in [1.29, 1.82) is 0 Å². The first kappa shape index (κ1) is 19.6. The minimum absolute atomic E-state index is 0.0940. The number of unbranched alkanes of at least 4 members (excludes halogenated alkanes) is 1. The molecule has 0 saturated carbocycles. The summed E-state index contributed by atoms with van der Waals surface area (Å²) in [6, 6.07) is 9.81. The van der Waals surface area contributed by atoms with E-state index in [2.05, 4.69) is 19.1 Å². The average molecular weight is 318 g/mol. The van der Waals surface area contributed by atoms with Crippen molar-refractivity contribution in [2.24, 2.45) is 5.92 Å². The van der Waals surface area contributed by atoms with Gasteiger partial charge in [-0.2, -0.15) is 0 Å². The van der Waals surface area contributed by atoms with Crippen LogP contribution in [0.1, 0.15) is 38.7 Å². The van der Waals surface area contributed by atoms with E-state index in [1.807, 2.05) is 49.4 Å². The number of allylic oxidation sites excluding steroid dienone is 3. The van der Waals surface area contributed by atoms with Crippen LogP contribution in [-0.2, 0) is 11.3 Å². The summed E-state index contributed by atoms with van der Waals surface area (Å²) in [5.74, 6) is -0.0940. The summed E-state index contributed by atoms with van der Waals surface area (Å²) in [5.41, 5.74) is 1.06. The first-order valence-electron chi connectivity index (χ1n) is 8.44. The lowest BCUT2D eigenvalue weighted by atomic mass is 9.94. The van der Waals surface area contributed by atoms with E-state index in [9.17, 15) is 10.2 Å². The van der Waals surface area contributed by atoms with Gasteiger partial charge in [-0.1, -0.05) is 68.0 Å². The second-order valence-electron chi connectivity index (χ2n) is 5.74. The molecule has 3 nitrogen and oxygen atoms in total. The number of benzene rings is 1. The normalized spacial score (nSPS) is 16.0. The Morgan fingerprint density at radius 2 is 1.87 bits per heavy atom. The van der Waals surface area contributed by atoms with E-state index in [4.69, 9.17) is 4.74 Å². The third-order valence-corrected chi connectivity index (χ3v) is 3.70. The van der Waals surface area contributed by atoms with Crippen molar-refractivity contribution in [3.8, 4) is 0 Å². The van der Waals surface area contributed by atoms with E-state index in [-0.39, 0.29) is 12.5 Å². The van der Waals surface area contributed by atoms with Crippen molar-refractivity contribution < 1.29 is 14.9 Å². The van der Waals surface area contributed by atoms with Gasteiger partial charge in [0.15, 0.2) is 0 Å². The molecule has 0 aliphatic heterocycles. The molecule has 128 valence electrons. The SMILES string of the molecule is C/C=C/[C@@H](C/C=C\CCC)[C@H](O)[C@@H](O)COCc1ccccc1. The van der Waals surface area contributed by atoms with Gasteiger partial charge in [0.2, 0.25) is 0 Å². The first-order valence-corrected chi connectivity index (χ1v) is 8.44. The van der Waals surface area contributed by atoms with Gasteiger partial charge in [-0.05, 0) is 25.3 Å². The molecule has 3 heteroatoms. The Hall–Kier alpha value is -1.42. The molecule has 0 amide bonds. The Morgan fingerprint density at radius 3 is 2.52 bits per heavy atom. The van der Waals surface area contributed by atoms with Crippen LogP contribution in [0.2, 0.25) is 0 Å². The van der Waals surface area contributed by atoms with Gasteiger partial charge in [0.1, 0.15) is 6.10 Å². The summed E-state index contributed by atoms with van der Waals surface area (Å²) in [5, 5.41) is 20.5. The zero-order chi connectivity index (χ0) is 16.9. The summed E-state index contributed by atoms with van der Waals surface area (Å²) < 4.78 is 5.52. The summed E-state index contributed by atoms with van der Waals surface area (Å²) in [6.45, 7) is 4.63. The lowest BCUT2D eigenvalue weighted by Gasteiger charge is -2.24. The minimum atomic E-state index is -0.889. The van der Waals surface area contributed by atoms with Gasteiger partial charge in [0.25, 0.3) is 0 Å². The summed E-state index contributed by atoms with van der Waals surface area (Å²) in [7, 11) is 0. The highest BCUT2D eigenvalue weighted by molar-refractivity contribution is 5.13. The Labute approximate surface area is 140 Å². The van der Waals surface area contributed by atoms with Crippen LogP contribution in [0.3, 0.4) is 0 Å². The van der Waals surface area contributed by atoms with Crippen LogP contribution in [0.15, 0.2) is 54.6 Å². The van der Waals surface area contributed by atoms with Gasteiger partial charge in [-0.25, -0.2) is 0 Å². The van der Waals surface area contributed by atoms with Crippen molar-refractivity contribution in [1.82, 2.24) is 0 Å². The Morgan fingerprint density at radius 1 is 1.13 bits per heavy atom. The van der Waals surface area contributed by atoms with Gasteiger partial charge in [0, 0.05) is 5.92 Å². The monoisotopic (exact) mass is 318 g/mol. The molecular formula is C20H30O3. The Bertz CT molecular complexity index is 453. The molecule has 0 heterocycles. The third kappa shape index (κ3) is 8.12. The molecule has 0 saturated heterocycles. The molecule has 1 aromatic carbocycles. The molecule has 0 bridgehead atoms. The number of aliphatic hydroxyl groups is 2. The number of aliphatic hydroxyl groups excluding tert-OH is 2. The molecule has 1 rings (SSSR count). The maximum Gasteiger partial charge on any atom is 0.104 e. The van der Waals surface area contributed by atoms with Gasteiger partial charge in [0.05, 0.1) is 19.3 Å². The van der Waals surface area contributed by atoms with Crippen LogP contribution in [0.25, 0.3) is 0 Å². The molecule has 0 spiro atoms. The van der Waals surface area contributed by atoms with E-state index in [1.54, 1.807) is 0 Å². The van der Waals surface area contributed by atoms with Gasteiger partial charge in [-0.3, -0.25) is 0 Å². The first-order chi connectivity index (χ1) is 11.2. The molecule has 23 heavy (non-hydrogen) atoms. The van der Waals surface area contributed by atoms with Crippen molar-refractivity contribution >= 4 is 0 Å². The topological polar surface area (TPSA) is 49.7 Å². The zero-order valence-corrected chi connectivity index (χ0v) is 14.3. The summed E-state index contributed by atoms with van der Waals surface area (Å²) in [4.78, 5) is 0. The molecule has 0 aliphatic carbocycles. The van der Waals surface area contributed by atoms with Crippen LogP contribution < -0.4 is 0 Å². The van der Waals surface area contributed by atoms with Crippen molar-refractivity contribution in [3.63, 3.8) is 0 Å². The number of ether oxygens (including phenoxy) is 1. The predicted octanol–water partition coefficient (Wildman–Crippen LogP) is 3.86. The van der Waals surface area contributed by atoms with E-state index >= 15 is 0 Å². The fourth-order valence-corrected chi connectivity index (χ4v) is 2.37. The van der Waals surface area contributed by atoms with Crippen molar-refractivity contribution in [3.05, 3.63) is 60.2 Å². The lowest BCUT2D eigenvalue weighted by Crippen LogP contribution is -2.36.